The number of non-ortho nitro benzene ring substituents is 1. The summed E-state index contributed by atoms with van der Waals surface area (Å²) in [5.41, 5.74) is 0.806. The van der Waals surface area contributed by atoms with Gasteiger partial charge in [-0.05, 0) is 36.4 Å². The van der Waals surface area contributed by atoms with E-state index in [-0.39, 0.29) is 22.8 Å². The van der Waals surface area contributed by atoms with Crippen LogP contribution in [-0.2, 0) is 0 Å². The van der Waals surface area contributed by atoms with E-state index in [0.29, 0.717) is 10.7 Å². The summed E-state index contributed by atoms with van der Waals surface area (Å²) < 4.78 is 1.41. The van der Waals surface area contributed by atoms with E-state index < -0.39 is 10.8 Å². The van der Waals surface area contributed by atoms with Crippen LogP contribution in [0.3, 0.4) is 0 Å². The topological polar surface area (TPSA) is 110 Å². The fourth-order valence-electron chi connectivity index (χ4n) is 2.11. The molecule has 0 bridgehead atoms. The lowest BCUT2D eigenvalue weighted by molar-refractivity contribution is -0.384. The molecule has 25 heavy (non-hydrogen) atoms. The first-order chi connectivity index (χ1) is 11.9. The third-order valence-electron chi connectivity index (χ3n) is 3.35. The molecule has 0 aliphatic rings. The summed E-state index contributed by atoms with van der Waals surface area (Å²) in [5, 5.41) is 27.4. The lowest BCUT2D eigenvalue weighted by atomic mass is 10.3. The van der Waals surface area contributed by atoms with Crippen molar-refractivity contribution in [2.24, 2.45) is 0 Å². The number of carbonyl (C=O) groups is 1. The Bertz CT molecular complexity index is 953. The van der Waals surface area contributed by atoms with Gasteiger partial charge in [-0.15, -0.1) is 0 Å². The molecule has 0 radical (unpaired) electrons. The Hall–Kier alpha value is -3.39. The molecule has 8 nitrogen and oxygen atoms in total. The molecule has 3 aromatic rings. The third kappa shape index (κ3) is 3.59. The van der Waals surface area contributed by atoms with E-state index in [4.69, 9.17) is 11.6 Å². The fraction of sp³-hybridized carbons (Fsp3) is 0. The maximum Gasteiger partial charge on any atom is 0.276 e. The zero-order valence-corrected chi connectivity index (χ0v) is 13.3. The average molecular weight is 359 g/mol. The number of nitro groups is 1. The summed E-state index contributed by atoms with van der Waals surface area (Å²) in [6.45, 7) is 0. The second-order valence-electron chi connectivity index (χ2n) is 5.03. The van der Waals surface area contributed by atoms with Crippen LogP contribution in [0.2, 0.25) is 5.02 Å². The molecule has 0 atom stereocenters. The summed E-state index contributed by atoms with van der Waals surface area (Å²) in [7, 11) is 0. The van der Waals surface area contributed by atoms with Gasteiger partial charge in [0.05, 0.1) is 16.3 Å². The number of phenolic OH excluding ortho intramolecular Hbond substituents is 1. The van der Waals surface area contributed by atoms with Crippen molar-refractivity contribution < 1.29 is 14.8 Å². The highest BCUT2D eigenvalue weighted by Gasteiger charge is 2.13. The smallest absolute Gasteiger partial charge is 0.276 e. The number of nitrogens with one attached hydrogen (secondary N) is 1. The number of amides is 1. The molecule has 1 aromatic heterocycles. The van der Waals surface area contributed by atoms with Crippen molar-refractivity contribution in [2.45, 2.75) is 0 Å². The second-order valence-corrected chi connectivity index (χ2v) is 5.47. The number of aromatic hydroxyl groups is 1. The molecule has 0 aliphatic heterocycles. The van der Waals surface area contributed by atoms with Crippen LogP contribution in [0.4, 0.5) is 11.4 Å². The minimum absolute atomic E-state index is 0.0368. The number of anilines is 1. The number of nitrogens with zero attached hydrogens (tertiary/aromatic N) is 3. The lowest BCUT2D eigenvalue weighted by Gasteiger charge is -2.06. The maximum atomic E-state index is 12.2. The van der Waals surface area contributed by atoms with Crippen molar-refractivity contribution in [3.05, 3.63) is 75.6 Å². The summed E-state index contributed by atoms with van der Waals surface area (Å²) >= 11 is 5.84. The zero-order chi connectivity index (χ0) is 18.0. The average Bonchev–Trinajstić information content (AvgIpc) is 3.08. The molecule has 2 aromatic carbocycles. The highest BCUT2D eigenvalue weighted by molar-refractivity contribution is 6.31. The van der Waals surface area contributed by atoms with Crippen molar-refractivity contribution in [2.75, 3.05) is 5.32 Å². The highest BCUT2D eigenvalue weighted by atomic mass is 35.5. The molecule has 0 unspecified atom stereocenters. The van der Waals surface area contributed by atoms with Gasteiger partial charge in [-0.25, -0.2) is 4.68 Å². The summed E-state index contributed by atoms with van der Waals surface area (Å²) in [5.74, 6) is -0.647. The molecule has 3 rings (SSSR count). The van der Waals surface area contributed by atoms with Crippen LogP contribution in [0.25, 0.3) is 5.69 Å². The molecule has 0 spiro atoms. The van der Waals surface area contributed by atoms with E-state index in [1.54, 1.807) is 6.20 Å². The third-order valence-corrected chi connectivity index (χ3v) is 3.59. The Morgan fingerprint density at radius 3 is 2.60 bits per heavy atom. The number of phenols is 1. The van der Waals surface area contributed by atoms with Crippen LogP contribution >= 0.6 is 11.6 Å². The van der Waals surface area contributed by atoms with Gasteiger partial charge in [-0.1, -0.05) is 11.6 Å². The molecule has 1 heterocycles. The van der Waals surface area contributed by atoms with Gasteiger partial charge in [-0.2, -0.15) is 5.10 Å². The Labute approximate surface area is 146 Å². The largest absolute Gasteiger partial charge is 0.506 e. The number of aromatic nitrogens is 2. The number of rotatable bonds is 4. The molecule has 0 fully saturated rings. The quantitative estimate of drug-likeness (QED) is 0.422. The molecule has 1 amide bonds. The maximum absolute atomic E-state index is 12.2. The number of halogens is 1. The van der Waals surface area contributed by atoms with E-state index >= 15 is 0 Å². The molecule has 9 heteroatoms. The van der Waals surface area contributed by atoms with Crippen LogP contribution in [0.5, 0.6) is 5.75 Å². The SMILES string of the molecule is O=C(Nc1cc(Cl)ccc1O)c1ccn(-c2ccc([N+](=O)[O-])cc2)n1. The van der Waals surface area contributed by atoms with Gasteiger partial charge in [0, 0.05) is 23.4 Å². The number of nitro benzene ring substituents is 1. The van der Waals surface area contributed by atoms with Gasteiger partial charge in [0.2, 0.25) is 0 Å². The van der Waals surface area contributed by atoms with Gasteiger partial charge in [-0.3, -0.25) is 14.9 Å². The molecular weight excluding hydrogens is 348 g/mol. The van der Waals surface area contributed by atoms with Gasteiger partial charge < -0.3 is 10.4 Å². The predicted octanol–water partition coefficient (Wildman–Crippen LogP) is 3.39. The first-order valence-corrected chi connectivity index (χ1v) is 7.42. The number of hydrogen-bond donors (Lipinski definition) is 2. The van der Waals surface area contributed by atoms with E-state index in [9.17, 15) is 20.0 Å². The first kappa shape index (κ1) is 16.5. The van der Waals surface area contributed by atoms with Crippen molar-refractivity contribution in [1.82, 2.24) is 9.78 Å². The summed E-state index contributed by atoms with van der Waals surface area (Å²) in [6, 6.07) is 11.5. The Morgan fingerprint density at radius 1 is 1.20 bits per heavy atom. The second kappa shape index (κ2) is 6.62. The number of carbonyl (C=O) groups excluding carboxylic acids is 1. The van der Waals surface area contributed by atoms with Gasteiger partial charge in [0.25, 0.3) is 11.6 Å². The van der Waals surface area contributed by atoms with E-state index in [1.807, 2.05) is 0 Å². The van der Waals surface area contributed by atoms with Crippen LogP contribution in [0.15, 0.2) is 54.7 Å². The molecule has 0 saturated heterocycles. The van der Waals surface area contributed by atoms with Crippen molar-refractivity contribution in [3.63, 3.8) is 0 Å². The predicted molar refractivity (Wildman–Crippen MR) is 91.3 cm³/mol. The van der Waals surface area contributed by atoms with Crippen molar-refractivity contribution >= 4 is 28.9 Å². The zero-order valence-electron chi connectivity index (χ0n) is 12.6. The van der Waals surface area contributed by atoms with Crippen molar-refractivity contribution in [1.29, 1.82) is 0 Å². The van der Waals surface area contributed by atoms with Crippen LogP contribution in [0, 0.1) is 10.1 Å². The van der Waals surface area contributed by atoms with Gasteiger partial charge in [0.1, 0.15) is 5.75 Å². The van der Waals surface area contributed by atoms with E-state index in [0.717, 1.165) is 0 Å². The standard InChI is InChI=1S/C16H11ClN4O4/c17-10-1-6-15(22)14(9-10)18-16(23)13-7-8-20(19-13)11-2-4-12(5-3-11)21(24)25/h1-9,22H,(H,18,23). The van der Waals surface area contributed by atoms with E-state index in [1.165, 1.54) is 53.2 Å². The molecule has 126 valence electrons. The minimum atomic E-state index is -0.529. The van der Waals surface area contributed by atoms with Crippen LogP contribution < -0.4 is 5.32 Å². The lowest BCUT2D eigenvalue weighted by Crippen LogP contribution is -2.13. The monoisotopic (exact) mass is 358 g/mol. The van der Waals surface area contributed by atoms with Gasteiger partial charge in [0.15, 0.2) is 5.69 Å². The number of hydrogen-bond acceptors (Lipinski definition) is 5. The fourth-order valence-corrected chi connectivity index (χ4v) is 2.28. The normalized spacial score (nSPS) is 10.4. The molecule has 0 aliphatic carbocycles. The number of benzene rings is 2. The highest BCUT2D eigenvalue weighted by Crippen LogP contribution is 2.27. The Kier molecular flexibility index (Phi) is 4.36. The van der Waals surface area contributed by atoms with Crippen LogP contribution in [0.1, 0.15) is 10.5 Å². The molecule has 0 saturated carbocycles. The summed E-state index contributed by atoms with van der Waals surface area (Å²) in [6.07, 6.45) is 1.55. The van der Waals surface area contributed by atoms with Crippen LogP contribution in [-0.4, -0.2) is 25.7 Å². The minimum Gasteiger partial charge on any atom is -0.506 e. The molecular formula is C16H11ClN4O4. The van der Waals surface area contributed by atoms with Crippen molar-refractivity contribution in [3.8, 4) is 11.4 Å². The Morgan fingerprint density at radius 2 is 1.92 bits per heavy atom. The van der Waals surface area contributed by atoms with E-state index in [2.05, 4.69) is 10.4 Å². The van der Waals surface area contributed by atoms with Gasteiger partial charge >= 0.3 is 0 Å². The molecule has 2 N–H and O–H groups in total. The summed E-state index contributed by atoms with van der Waals surface area (Å²) in [4.78, 5) is 22.4. The first-order valence-electron chi connectivity index (χ1n) is 7.04. The Balaban J connectivity index is 1.79.